The highest BCUT2D eigenvalue weighted by Gasteiger charge is 2.17. The van der Waals surface area contributed by atoms with E-state index in [1.807, 2.05) is 12.1 Å². The molecule has 88 valence electrons. The third-order valence-electron chi connectivity index (χ3n) is 3.16. The van der Waals surface area contributed by atoms with Gasteiger partial charge in [-0.2, -0.15) is 0 Å². The first-order valence-electron chi connectivity index (χ1n) is 6.21. The third kappa shape index (κ3) is 3.24. The largest absolute Gasteiger partial charge is 0.489 e. The Bertz CT molecular complexity index is 316. The molecular formula is C14H21NO. The summed E-state index contributed by atoms with van der Waals surface area (Å²) < 4.78 is 5.83. The Balaban J connectivity index is 1.73. The molecule has 0 heterocycles. The van der Waals surface area contributed by atoms with Gasteiger partial charge in [-0.15, -0.1) is 0 Å². The minimum absolute atomic E-state index is 0.239. The average molecular weight is 219 g/mol. The van der Waals surface area contributed by atoms with Crippen LogP contribution in [0.5, 0.6) is 5.75 Å². The van der Waals surface area contributed by atoms with Crippen LogP contribution < -0.4 is 10.1 Å². The quantitative estimate of drug-likeness (QED) is 0.822. The van der Waals surface area contributed by atoms with Crippen LogP contribution in [-0.2, 0) is 0 Å². The summed E-state index contributed by atoms with van der Waals surface area (Å²) in [5.74, 6) is 0.966. The summed E-state index contributed by atoms with van der Waals surface area (Å²) in [5, 5.41) is 3.53. The highest BCUT2D eigenvalue weighted by molar-refractivity contribution is 5.26. The molecule has 0 radical (unpaired) electrons. The Labute approximate surface area is 98.0 Å². The lowest BCUT2D eigenvalue weighted by Crippen LogP contribution is -2.40. The van der Waals surface area contributed by atoms with Crippen LogP contribution in [0.3, 0.4) is 0 Å². The fraction of sp³-hybridized carbons (Fsp3) is 0.571. The molecule has 1 fully saturated rings. The molecule has 0 saturated heterocycles. The fourth-order valence-corrected chi connectivity index (χ4v) is 1.84. The second-order valence-corrected chi connectivity index (χ2v) is 4.78. The van der Waals surface area contributed by atoms with Crippen molar-refractivity contribution in [3.8, 4) is 5.75 Å². The van der Waals surface area contributed by atoms with Gasteiger partial charge in [-0.3, -0.25) is 0 Å². The molecule has 1 saturated carbocycles. The minimum Gasteiger partial charge on any atom is -0.489 e. The van der Waals surface area contributed by atoms with Gasteiger partial charge >= 0.3 is 0 Å². The van der Waals surface area contributed by atoms with E-state index in [9.17, 15) is 0 Å². The predicted molar refractivity (Wildman–Crippen MR) is 66.9 cm³/mol. The van der Waals surface area contributed by atoms with Crippen LogP contribution in [-0.4, -0.2) is 18.7 Å². The van der Waals surface area contributed by atoms with Crippen LogP contribution in [0.2, 0.25) is 0 Å². The van der Waals surface area contributed by atoms with Crippen molar-refractivity contribution in [2.24, 2.45) is 0 Å². The Kier molecular flexibility index (Phi) is 3.83. The van der Waals surface area contributed by atoms with E-state index in [2.05, 4.69) is 31.3 Å². The molecule has 2 rings (SSSR count). The van der Waals surface area contributed by atoms with Gasteiger partial charge in [0, 0.05) is 12.6 Å². The Hall–Kier alpha value is -1.02. The monoisotopic (exact) mass is 219 g/mol. The molecule has 1 N–H and O–H groups in total. The van der Waals surface area contributed by atoms with Crippen LogP contribution in [0.4, 0.5) is 0 Å². The molecule has 1 atom stereocenters. The zero-order chi connectivity index (χ0) is 11.4. The zero-order valence-corrected chi connectivity index (χ0v) is 10.2. The SMILES string of the molecule is Cc1ccc(OC(C)CNC2CCC2)cc1. The van der Waals surface area contributed by atoms with Crippen molar-refractivity contribution in [1.29, 1.82) is 0 Å². The van der Waals surface area contributed by atoms with Crippen molar-refractivity contribution >= 4 is 0 Å². The molecule has 0 spiro atoms. The molecule has 1 aliphatic carbocycles. The van der Waals surface area contributed by atoms with Crippen molar-refractivity contribution in [3.05, 3.63) is 29.8 Å². The summed E-state index contributed by atoms with van der Waals surface area (Å²) in [6.07, 6.45) is 4.28. The molecule has 2 heteroatoms. The van der Waals surface area contributed by atoms with E-state index in [4.69, 9.17) is 4.74 Å². The first kappa shape index (κ1) is 11.5. The van der Waals surface area contributed by atoms with Crippen molar-refractivity contribution in [2.45, 2.75) is 45.3 Å². The summed E-state index contributed by atoms with van der Waals surface area (Å²) in [5.41, 5.74) is 1.27. The summed E-state index contributed by atoms with van der Waals surface area (Å²) >= 11 is 0. The first-order chi connectivity index (χ1) is 7.74. The normalized spacial score (nSPS) is 17.9. The average Bonchev–Trinajstić information content (AvgIpc) is 2.19. The van der Waals surface area contributed by atoms with Crippen LogP contribution >= 0.6 is 0 Å². The smallest absolute Gasteiger partial charge is 0.119 e. The van der Waals surface area contributed by atoms with Crippen molar-refractivity contribution < 1.29 is 4.74 Å². The van der Waals surface area contributed by atoms with E-state index >= 15 is 0 Å². The second kappa shape index (κ2) is 5.35. The second-order valence-electron chi connectivity index (χ2n) is 4.78. The molecule has 1 aromatic rings. The van der Waals surface area contributed by atoms with Gasteiger partial charge in [0.25, 0.3) is 0 Å². The van der Waals surface area contributed by atoms with Gasteiger partial charge < -0.3 is 10.1 Å². The fourth-order valence-electron chi connectivity index (χ4n) is 1.84. The molecule has 1 aromatic carbocycles. The molecule has 1 aliphatic rings. The number of aryl methyl sites for hydroxylation is 1. The highest BCUT2D eigenvalue weighted by atomic mass is 16.5. The summed E-state index contributed by atoms with van der Waals surface area (Å²) in [6, 6.07) is 8.98. The van der Waals surface area contributed by atoms with Crippen molar-refractivity contribution in [1.82, 2.24) is 5.32 Å². The zero-order valence-electron chi connectivity index (χ0n) is 10.2. The Morgan fingerprint density at radius 2 is 2.00 bits per heavy atom. The summed E-state index contributed by atoms with van der Waals surface area (Å²) in [7, 11) is 0. The van der Waals surface area contributed by atoms with Gasteiger partial charge in [-0.25, -0.2) is 0 Å². The molecule has 0 aliphatic heterocycles. The Morgan fingerprint density at radius 3 is 2.56 bits per heavy atom. The van der Waals surface area contributed by atoms with Crippen LogP contribution in [0.15, 0.2) is 24.3 Å². The van der Waals surface area contributed by atoms with Gasteiger partial charge in [0.2, 0.25) is 0 Å². The lowest BCUT2D eigenvalue weighted by Gasteiger charge is -2.28. The molecule has 0 aromatic heterocycles. The Morgan fingerprint density at radius 1 is 1.31 bits per heavy atom. The number of benzene rings is 1. The summed E-state index contributed by atoms with van der Waals surface area (Å²) in [6.45, 7) is 5.15. The number of ether oxygens (including phenoxy) is 1. The van der Waals surface area contributed by atoms with Gasteiger partial charge in [0.05, 0.1) is 0 Å². The van der Waals surface area contributed by atoms with Crippen molar-refractivity contribution in [2.75, 3.05) is 6.54 Å². The van der Waals surface area contributed by atoms with Crippen LogP contribution in [0.1, 0.15) is 31.7 Å². The maximum Gasteiger partial charge on any atom is 0.119 e. The van der Waals surface area contributed by atoms with E-state index in [1.165, 1.54) is 24.8 Å². The van der Waals surface area contributed by atoms with Gasteiger partial charge in [-0.1, -0.05) is 24.1 Å². The molecule has 1 unspecified atom stereocenters. The maximum atomic E-state index is 5.83. The molecular weight excluding hydrogens is 198 g/mol. The molecule has 16 heavy (non-hydrogen) atoms. The first-order valence-corrected chi connectivity index (χ1v) is 6.21. The van der Waals surface area contributed by atoms with E-state index in [1.54, 1.807) is 0 Å². The number of hydrogen-bond donors (Lipinski definition) is 1. The minimum atomic E-state index is 0.239. The van der Waals surface area contributed by atoms with Crippen LogP contribution in [0, 0.1) is 6.92 Å². The van der Waals surface area contributed by atoms with Gasteiger partial charge in [-0.05, 0) is 38.8 Å². The number of hydrogen-bond acceptors (Lipinski definition) is 2. The topological polar surface area (TPSA) is 21.3 Å². The van der Waals surface area contributed by atoms with Crippen molar-refractivity contribution in [3.63, 3.8) is 0 Å². The van der Waals surface area contributed by atoms with E-state index in [0.29, 0.717) is 0 Å². The molecule has 2 nitrogen and oxygen atoms in total. The predicted octanol–water partition coefficient (Wildman–Crippen LogP) is 2.90. The lowest BCUT2D eigenvalue weighted by atomic mass is 9.93. The van der Waals surface area contributed by atoms with E-state index in [0.717, 1.165) is 18.3 Å². The lowest BCUT2D eigenvalue weighted by molar-refractivity contribution is 0.199. The third-order valence-corrected chi connectivity index (χ3v) is 3.16. The number of rotatable bonds is 5. The summed E-state index contributed by atoms with van der Waals surface area (Å²) in [4.78, 5) is 0. The van der Waals surface area contributed by atoms with E-state index in [-0.39, 0.29) is 6.10 Å². The maximum absolute atomic E-state index is 5.83. The standard InChI is InChI=1S/C14H21NO/c1-11-6-8-14(9-7-11)16-12(2)10-15-13-4-3-5-13/h6-9,12-13,15H,3-5,10H2,1-2H3. The van der Waals surface area contributed by atoms with E-state index < -0.39 is 0 Å². The molecule has 0 amide bonds. The molecule has 0 bridgehead atoms. The number of nitrogens with one attached hydrogen (secondary N) is 1. The highest BCUT2D eigenvalue weighted by Crippen LogP contribution is 2.18. The van der Waals surface area contributed by atoms with Gasteiger partial charge in [0.1, 0.15) is 11.9 Å². The van der Waals surface area contributed by atoms with Crippen LogP contribution in [0.25, 0.3) is 0 Å². The van der Waals surface area contributed by atoms with Gasteiger partial charge in [0.15, 0.2) is 0 Å².